The number of ether oxygens (including phenoxy) is 1. The summed E-state index contributed by atoms with van der Waals surface area (Å²) < 4.78 is 6.64. The number of fused-ring (bicyclic) bond motifs is 1. The third kappa shape index (κ3) is 3.86. The van der Waals surface area contributed by atoms with Gasteiger partial charge in [-0.25, -0.2) is 4.79 Å². The Balaban J connectivity index is 1.75. The van der Waals surface area contributed by atoms with Crippen molar-refractivity contribution in [1.82, 2.24) is 14.5 Å². The first kappa shape index (κ1) is 16.3. The highest BCUT2D eigenvalue weighted by Crippen LogP contribution is 2.12. The van der Waals surface area contributed by atoms with Crippen molar-refractivity contribution in [1.29, 1.82) is 0 Å². The first-order chi connectivity index (χ1) is 12.0. The van der Waals surface area contributed by atoms with E-state index in [1.807, 2.05) is 30.3 Å². The number of H-pyrrole nitrogens is 1. The Labute approximate surface area is 142 Å². The van der Waals surface area contributed by atoms with E-state index in [2.05, 4.69) is 21.9 Å². The van der Waals surface area contributed by atoms with Gasteiger partial charge in [-0.05, 0) is 11.6 Å². The van der Waals surface area contributed by atoms with Gasteiger partial charge in [-0.1, -0.05) is 36.9 Å². The minimum atomic E-state index is -0.740. The van der Waals surface area contributed by atoms with Crippen molar-refractivity contribution in [2.24, 2.45) is 0 Å². The lowest BCUT2D eigenvalue weighted by Crippen LogP contribution is -2.19. The molecule has 1 aromatic carbocycles. The molecule has 3 aromatic rings. The zero-order valence-corrected chi connectivity index (χ0v) is 13.2. The summed E-state index contributed by atoms with van der Waals surface area (Å²) in [5, 5.41) is 12.1. The van der Waals surface area contributed by atoms with Crippen molar-refractivity contribution in [3.63, 3.8) is 0 Å². The molecule has 2 heterocycles. The van der Waals surface area contributed by atoms with Crippen molar-refractivity contribution in [2.45, 2.75) is 13.2 Å². The largest absolute Gasteiger partial charge is 0.511 e. The van der Waals surface area contributed by atoms with Gasteiger partial charge in [0.2, 0.25) is 5.95 Å². The number of anilines is 1. The van der Waals surface area contributed by atoms with Crippen molar-refractivity contribution >= 4 is 23.1 Å². The third-order valence-corrected chi connectivity index (χ3v) is 3.41. The maximum Gasteiger partial charge on any atom is 0.414 e. The Bertz CT molecular complexity index is 975. The van der Waals surface area contributed by atoms with Crippen LogP contribution in [0.2, 0.25) is 0 Å². The Hall–Kier alpha value is -3.55. The molecule has 0 saturated heterocycles. The zero-order chi connectivity index (χ0) is 17.8. The van der Waals surface area contributed by atoms with Crippen LogP contribution in [0, 0.1) is 0 Å². The normalized spacial score (nSPS) is 10.6. The molecular formula is C17H16N4O4. The minimum Gasteiger partial charge on any atom is -0.511 e. The minimum absolute atomic E-state index is 0.0425. The molecule has 0 atom stereocenters. The molecule has 0 aliphatic heterocycles. The second kappa shape index (κ2) is 6.91. The molecular weight excluding hydrogens is 324 g/mol. The number of carbonyl (C=O) groups is 1. The van der Waals surface area contributed by atoms with E-state index >= 15 is 0 Å². The molecule has 0 aliphatic carbocycles. The van der Waals surface area contributed by atoms with Gasteiger partial charge in [-0.15, -0.1) is 0 Å². The Kier molecular flexibility index (Phi) is 4.51. The molecule has 3 rings (SSSR count). The number of carbonyl (C=O) groups excluding carboxylic acids is 1. The van der Waals surface area contributed by atoms with E-state index in [4.69, 9.17) is 4.74 Å². The van der Waals surface area contributed by atoms with E-state index in [1.54, 1.807) is 16.8 Å². The number of nitrogens with one attached hydrogen (secondary N) is 2. The van der Waals surface area contributed by atoms with Crippen LogP contribution in [0.25, 0.3) is 11.0 Å². The second-order valence-electron chi connectivity index (χ2n) is 5.35. The van der Waals surface area contributed by atoms with Gasteiger partial charge in [-0.2, -0.15) is 4.98 Å². The Morgan fingerprint density at radius 2 is 2.08 bits per heavy atom. The Morgan fingerprint density at radius 1 is 1.32 bits per heavy atom. The smallest absolute Gasteiger partial charge is 0.414 e. The SMILES string of the molecule is C=C(O)Cn1ccc2c(=O)[nH]c(NC(=O)OCc3ccccc3)nc21. The van der Waals surface area contributed by atoms with E-state index < -0.39 is 11.7 Å². The first-order valence-corrected chi connectivity index (χ1v) is 7.46. The molecule has 0 unspecified atom stereocenters. The van der Waals surface area contributed by atoms with Crippen molar-refractivity contribution in [2.75, 3.05) is 5.32 Å². The average Bonchev–Trinajstić information content (AvgIpc) is 2.97. The van der Waals surface area contributed by atoms with E-state index in [0.29, 0.717) is 11.0 Å². The summed E-state index contributed by atoms with van der Waals surface area (Å²) in [6.45, 7) is 3.61. The third-order valence-electron chi connectivity index (χ3n) is 3.41. The summed E-state index contributed by atoms with van der Waals surface area (Å²) in [7, 11) is 0. The van der Waals surface area contributed by atoms with Gasteiger partial charge < -0.3 is 14.4 Å². The monoisotopic (exact) mass is 340 g/mol. The molecule has 0 aliphatic rings. The summed E-state index contributed by atoms with van der Waals surface area (Å²) in [5.74, 6) is -0.115. The lowest BCUT2D eigenvalue weighted by Gasteiger charge is -2.07. The topological polar surface area (TPSA) is 109 Å². The number of aliphatic hydroxyl groups is 1. The molecule has 0 spiro atoms. The summed E-state index contributed by atoms with van der Waals surface area (Å²) >= 11 is 0. The molecule has 0 fully saturated rings. The van der Waals surface area contributed by atoms with Crippen LogP contribution in [-0.4, -0.2) is 25.7 Å². The van der Waals surface area contributed by atoms with Crippen LogP contribution < -0.4 is 10.9 Å². The van der Waals surface area contributed by atoms with Crippen LogP contribution in [-0.2, 0) is 17.9 Å². The predicted octanol–water partition coefficient (Wildman–Crippen LogP) is 2.55. The van der Waals surface area contributed by atoms with Crippen LogP contribution in [0.3, 0.4) is 0 Å². The number of hydrogen-bond donors (Lipinski definition) is 3. The molecule has 1 amide bonds. The maximum absolute atomic E-state index is 12.1. The van der Waals surface area contributed by atoms with Crippen LogP contribution >= 0.6 is 0 Å². The van der Waals surface area contributed by atoms with Gasteiger partial charge in [0.15, 0.2) is 0 Å². The lowest BCUT2D eigenvalue weighted by molar-refractivity contribution is 0.155. The molecule has 0 bridgehead atoms. The number of allylic oxidation sites excluding steroid dienone is 1. The standard InChI is InChI=1S/C17H16N4O4/c1-11(22)9-21-8-7-13-14(21)18-16(19-15(13)23)20-17(24)25-10-12-5-3-2-4-6-12/h2-8,22H,1,9-10H2,(H2,18,19,20,23,24). The van der Waals surface area contributed by atoms with Crippen LogP contribution in [0.4, 0.5) is 10.7 Å². The van der Waals surface area contributed by atoms with Gasteiger partial charge in [0.1, 0.15) is 18.0 Å². The molecule has 8 nitrogen and oxygen atoms in total. The molecule has 8 heteroatoms. The fourth-order valence-electron chi connectivity index (χ4n) is 2.31. The van der Waals surface area contributed by atoms with Gasteiger partial charge in [0.25, 0.3) is 5.56 Å². The number of rotatable bonds is 5. The number of amides is 1. The molecule has 0 saturated carbocycles. The van der Waals surface area contributed by atoms with Crippen LogP contribution in [0.1, 0.15) is 5.56 Å². The van der Waals surface area contributed by atoms with E-state index in [-0.39, 0.29) is 24.9 Å². The maximum atomic E-state index is 12.1. The molecule has 128 valence electrons. The summed E-state index contributed by atoms with van der Waals surface area (Å²) in [4.78, 5) is 30.6. The predicted molar refractivity (Wildman–Crippen MR) is 92.4 cm³/mol. The van der Waals surface area contributed by atoms with Gasteiger partial charge in [0.05, 0.1) is 11.9 Å². The molecule has 2 aromatic heterocycles. The van der Waals surface area contributed by atoms with E-state index in [0.717, 1.165) is 5.56 Å². The quantitative estimate of drug-likeness (QED) is 0.618. The number of hydrogen-bond acceptors (Lipinski definition) is 5. The van der Waals surface area contributed by atoms with Crippen molar-refractivity contribution in [3.05, 3.63) is 70.9 Å². The van der Waals surface area contributed by atoms with Crippen LogP contribution in [0.5, 0.6) is 0 Å². The first-order valence-electron chi connectivity index (χ1n) is 7.46. The number of aromatic nitrogens is 3. The Morgan fingerprint density at radius 3 is 2.80 bits per heavy atom. The van der Waals surface area contributed by atoms with Gasteiger partial charge in [0, 0.05) is 6.20 Å². The number of aromatic amines is 1. The van der Waals surface area contributed by atoms with Crippen molar-refractivity contribution in [3.8, 4) is 0 Å². The average molecular weight is 340 g/mol. The molecule has 25 heavy (non-hydrogen) atoms. The molecule has 0 radical (unpaired) electrons. The fourth-order valence-corrected chi connectivity index (χ4v) is 2.31. The van der Waals surface area contributed by atoms with Crippen molar-refractivity contribution < 1.29 is 14.6 Å². The van der Waals surface area contributed by atoms with Crippen LogP contribution in [0.15, 0.2) is 59.7 Å². The van der Waals surface area contributed by atoms with E-state index in [9.17, 15) is 14.7 Å². The zero-order valence-electron chi connectivity index (χ0n) is 13.2. The number of aliphatic hydroxyl groups excluding tert-OH is 1. The summed E-state index contributed by atoms with van der Waals surface area (Å²) in [5.41, 5.74) is 0.743. The highest BCUT2D eigenvalue weighted by molar-refractivity contribution is 5.84. The van der Waals surface area contributed by atoms with E-state index in [1.165, 1.54) is 0 Å². The fraction of sp³-hybridized carbons (Fsp3) is 0.118. The summed E-state index contributed by atoms with van der Waals surface area (Å²) in [6.07, 6.45) is 0.863. The van der Waals surface area contributed by atoms with Gasteiger partial charge >= 0.3 is 6.09 Å². The highest BCUT2D eigenvalue weighted by atomic mass is 16.5. The van der Waals surface area contributed by atoms with Gasteiger partial charge in [-0.3, -0.25) is 15.1 Å². The lowest BCUT2D eigenvalue weighted by atomic mass is 10.2. The number of benzene rings is 1. The second-order valence-corrected chi connectivity index (χ2v) is 5.35. The highest BCUT2D eigenvalue weighted by Gasteiger charge is 2.12. The molecule has 3 N–H and O–H groups in total. The number of nitrogens with zero attached hydrogens (tertiary/aromatic N) is 2. The summed E-state index contributed by atoms with van der Waals surface area (Å²) in [6, 6.07) is 10.8.